The van der Waals surface area contributed by atoms with Crippen molar-refractivity contribution in [1.29, 1.82) is 0 Å². The first-order chi connectivity index (χ1) is 8.49. The van der Waals surface area contributed by atoms with Gasteiger partial charge in [-0.3, -0.25) is 9.59 Å². The molecule has 1 fully saturated rings. The summed E-state index contributed by atoms with van der Waals surface area (Å²) in [6.07, 6.45) is 0.703. The summed E-state index contributed by atoms with van der Waals surface area (Å²) in [5.41, 5.74) is 0.999. The van der Waals surface area contributed by atoms with E-state index in [2.05, 4.69) is 10.3 Å². The fourth-order valence-corrected chi connectivity index (χ4v) is 2.78. The van der Waals surface area contributed by atoms with Gasteiger partial charge in [0.15, 0.2) is 0 Å². The van der Waals surface area contributed by atoms with Crippen LogP contribution in [0.15, 0.2) is 5.38 Å². The van der Waals surface area contributed by atoms with E-state index < -0.39 is 12.1 Å². The number of thiazole rings is 1. The van der Waals surface area contributed by atoms with Crippen molar-refractivity contribution in [2.75, 3.05) is 6.54 Å². The second-order valence-corrected chi connectivity index (χ2v) is 5.51. The minimum absolute atomic E-state index is 0.0182. The lowest BCUT2D eigenvalue weighted by atomic mass is 10.1. The number of carbonyl (C=O) groups excluding carboxylic acids is 2. The normalized spacial score (nSPS) is 24.3. The van der Waals surface area contributed by atoms with Gasteiger partial charge >= 0.3 is 0 Å². The third-order valence-corrected chi connectivity index (χ3v) is 4.12. The minimum Gasteiger partial charge on any atom is -0.343 e. The van der Waals surface area contributed by atoms with E-state index in [9.17, 15) is 9.59 Å². The van der Waals surface area contributed by atoms with Crippen molar-refractivity contribution in [3.63, 3.8) is 0 Å². The Balaban J connectivity index is 2.02. The lowest BCUT2D eigenvalue weighted by Crippen LogP contribution is -2.61. The van der Waals surface area contributed by atoms with Gasteiger partial charge < -0.3 is 10.2 Å². The van der Waals surface area contributed by atoms with E-state index in [1.165, 1.54) is 0 Å². The number of hydrogen-bond acceptors (Lipinski definition) is 4. The summed E-state index contributed by atoms with van der Waals surface area (Å²) in [6.45, 7) is 5.97. The van der Waals surface area contributed by atoms with Gasteiger partial charge in [-0.15, -0.1) is 11.3 Å². The molecule has 0 bridgehead atoms. The maximum absolute atomic E-state index is 12.0. The van der Waals surface area contributed by atoms with Crippen LogP contribution in [-0.4, -0.2) is 40.3 Å². The Bertz CT molecular complexity index is 472. The minimum atomic E-state index is -0.424. The highest BCUT2D eigenvalue weighted by atomic mass is 32.1. The van der Waals surface area contributed by atoms with Crippen LogP contribution in [0.3, 0.4) is 0 Å². The van der Waals surface area contributed by atoms with Crippen molar-refractivity contribution in [2.24, 2.45) is 0 Å². The summed E-state index contributed by atoms with van der Waals surface area (Å²) >= 11 is 1.59. The van der Waals surface area contributed by atoms with Crippen LogP contribution < -0.4 is 5.32 Å². The standard InChI is InChI=1S/C12H17N3O2S/c1-7-6-18-10(13-7)4-5-15-9(3)11(16)14-8(2)12(15)17/h6,8-9H,4-5H2,1-3H3,(H,14,16). The lowest BCUT2D eigenvalue weighted by Gasteiger charge is -2.35. The topological polar surface area (TPSA) is 62.3 Å². The first-order valence-electron chi connectivity index (χ1n) is 6.01. The molecule has 0 spiro atoms. The van der Waals surface area contributed by atoms with Crippen LogP contribution in [0.5, 0.6) is 0 Å². The molecule has 1 aliphatic rings. The van der Waals surface area contributed by atoms with E-state index in [0.29, 0.717) is 13.0 Å². The van der Waals surface area contributed by atoms with Crippen molar-refractivity contribution in [2.45, 2.75) is 39.3 Å². The number of aryl methyl sites for hydroxylation is 1. The van der Waals surface area contributed by atoms with Crippen molar-refractivity contribution in [1.82, 2.24) is 15.2 Å². The molecule has 0 aromatic carbocycles. The Labute approximate surface area is 110 Å². The smallest absolute Gasteiger partial charge is 0.245 e. The SMILES string of the molecule is Cc1csc(CCN2C(=O)C(C)NC(=O)C2C)n1. The largest absolute Gasteiger partial charge is 0.343 e. The third-order valence-electron chi connectivity index (χ3n) is 3.09. The van der Waals surface area contributed by atoms with Crippen LogP contribution in [0.4, 0.5) is 0 Å². The van der Waals surface area contributed by atoms with Gasteiger partial charge in [0.25, 0.3) is 0 Å². The van der Waals surface area contributed by atoms with E-state index >= 15 is 0 Å². The molecule has 1 saturated heterocycles. The van der Waals surface area contributed by atoms with E-state index in [0.717, 1.165) is 10.7 Å². The first-order valence-corrected chi connectivity index (χ1v) is 6.89. The van der Waals surface area contributed by atoms with Gasteiger partial charge in [0.2, 0.25) is 11.8 Å². The Morgan fingerprint density at radius 3 is 2.78 bits per heavy atom. The zero-order valence-corrected chi connectivity index (χ0v) is 11.6. The average Bonchev–Trinajstić information content (AvgIpc) is 2.73. The van der Waals surface area contributed by atoms with Crippen LogP contribution in [0.1, 0.15) is 24.5 Å². The average molecular weight is 267 g/mol. The Morgan fingerprint density at radius 1 is 1.44 bits per heavy atom. The van der Waals surface area contributed by atoms with Gasteiger partial charge in [0.05, 0.1) is 5.01 Å². The molecule has 2 heterocycles. The van der Waals surface area contributed by atoms with Crippen LogP contribution >= 0.6 is 11.3 Å². The van der Waals surface area contributed by atoms with Crippen LogP contribution in [0, 0.1) is 6.92 Å². The van der Waals surface area contributed by atoms with Crippen LogP contribution in [-0.2, 0) is 16.0 Å². The maximum Gasteiger partial charge on any atom is 0.245 e. The summed E-state index contributed by atoms with van der Waals surface area (Å²) in [5.74, 6) is -0.104. The van der Waals surface area contributed by atoms with Crippen LogP contribution in [0.25, 0.3) is 0 Å². The Morgan fingerprint density at radius 2 is 2.17 bits per heavy atom. The van der Waals surface area contributed by atoms with E-state index in [1.54, 1.807) is 30.1 Å². The molecule has 1 aromatic rings. The lowest BCUT2D eigenvalue weighted by molar-refractivity contribution is -0.148. The molecule has 0 saturated carbocycles. The van der Waals surface area contributed by atoms with Crippen molar-refractivity contribution < 1.29 is 9.59 Å². The van der Waals surface area contributed by atoms with E-state index in [4.69, 9.17) is 0 Å². The summed E-state index contributed by atoms with van der Waals surface area (Å²) in [6, 6.07) is -0.818. The molecule has 5 nitrogen and oxygen atoms in total. The second-order valence-electron chi connectivity index (χ2n) is 4.57. The van der Waals surface area contributed by atoms with E-state index in [1.807, 2.05) is 12.3 Å². The Hall–Kier alpha value is -1.43. The molecule has 6 heteroatoms. The molecule has 2 atom stereocenters. The summed E-state index contributed by atoms with van der Waals surface area (Å²) in [5, 5.41) is 5.67. The predicted octanol–water partition coefficient (Wildman–Crippen LogP) is 0.729. The number of nitrogens with zero attached hydrogens (tertiary/aromatic N) is 2. The first kappa shape index (κ1) is 13.0. The fraction of sp³-hybridized carbons (Fsp3) is 0.583. The molecule has 2 amide bonds. The zero-order valence-electron chi connectivity index (χ0n) is 10.8. The number of hydrogen-bond donors (Lipinski definition) is 1. The quantitative estimate of drug-likeness (QED) is 0.878. The highest BCUT2D eigenvalue weighted by Gasteiger charge is 2.35. The van der Waals surface area contributed by atoms with Crippen LogP contribution in [0.2, 0.25) is 0 Å². The number of nitrogens with one attached hydrogen (secondary N) is 1. The number of aromatic nitrogens is 1. The van der Waals surface area contributed by atoms with Gasteiger partial charge in [0.1, 0.15) is 12.1 Å². The molecular weight excluding hydrogens is 250 g/mol. The zero-order chi connectivity index (χ0) is 13.3. The number of amides is 2. The molecule has 0 radical (unpaired) electrons. The van der Waals surface area contributed by atoms with Gasteiger partial charge in [-0.05, 0) is 20.8 Å². The van der Waals surface area contributed by atoms with E-state index in [-0.39, 0.29) is 11.8 Å². The summed E-state index contributed by atoms with van der Waals surface area (Å²) in [7, 11) is 0. The highest BCUT2D eigenvalue weighted by molar-refractivity contribution is 7.09. The highest BCUT2D eigenvalue weighted by Crippen LogP contribution is 2.14. The molecule has 1 aliphatic heterocycles. The molecular formula is C12H17N3O2S. The second kappa shape index (κ2) is 5.06. The third kappa shape index (κ3) is 2.53. The molecule has 1 N–H and O–H groups in total. The maximum atomic E-state index is 12.0. The molecule has 18 heavy (non-hydrogen) atoms. The number of piperazine rings is 1. The summed E-state index contributed by atoms with van der Waals surface area (Å²) < 4.78 is 0. The van der Waals surface area contributed by atoms with Crippen molar-refractivity contribution >= 4 is 23.2 Å². The molecule has 2 rings (SSSR count). The molecule has 2 unspecified atom stereocenters. The van der Waals surface area contributed by atoms with Gasteiger partial charge in [-0.2, -0.15) is 0 Å². The molecule has 0 aliphatic carbocycles. The van der Waals surface area contributed by atoms with Gasteiger partial charge in [-0.1, -0.05) is 0 Å². The van der Waals surface area contributed by atoms with Crippen molar-refractivity contribution in [3.05, 3.63) is 16.1 Å². The monoisotopic (exact) mass is 267 g/mol. The fourth-order valence-electron chi connectivity index (χ4n) is 2.01. The van der Waals surface area contributed by atoms with Crippen molar-refractivity contribution in [3.8, 4) is 0 Å². The number of rotatable bonds is 3. The molecule has 98 valence electrons. The summed E-state index contributed by atoms with van der Waals surface area (Å²) in [4.78, 5) is 29.7. The predicted molar refractivity (Wildman–Crippen MR) is 69.3 cm³/mol. The molecule has 1 aromatic heterocycles. The van der Waals surface area contributed by atoms with Gasteiger partial charge in [0, 0.05) is 24.0 Å². The number of carbonyl (C=O) groups is 2. The van der Waals surface area contributed by atoms with Gasteiger partial charge in [-0.25, -0.2) is 4.98 Å². The Kier molecular flexibility index (Phi) is 3.65.